The van der Waals surface area contributed by atoms with Gasteiger partial charge in [-0.25, -0.2) is 0 Å². The predicted molar refractivity (Wildman–Crippen MR) is 89.9 cm³/mol. The van der Waals surface area contributed by atoms with Crippen LogP contribution in [0.5, 0.6) is 5.75 Å². The molecular formula is C9H6Br6O. The summed E-state index contributed by atoms with van der Waals surface area (Å²) in [6, 6.07) is 3.56. The van der Waals surface area contributed by atoms with E-state index in [1.54, 1.807) is 6.07 Å². The van der Waals surface area contributed by atoms with Crippen molar-refractivity contribution in [2.24, 2.45) is 0 Å². The zero-order chi connectivity index (χ0) is 12.5. The van der Waals surface area contributed by atoms with Gasteiger partial charge in [-0.3, -0.25) is 0 Å². The molecule has 0 aliphatic rings. The SMILES string of the molecule is Oc1ccc(C(Br)Br)c(C(Br)Br)c1C(Br)Br. The smallest absolute Gasteiger partial charge is 0.121 e. The number of phenols is 1. The van der Waals surface area contributed by atoms with Gasteiger partial charge in [-0.1, -0.05) is 102 Å². The second-order valence-electron chi connectivity index (χ2n) is 2.90. The standard InChI is InChI=1S/C9H6Br6O/c10-7(11)3-1-2-4(16)6(9(14)15)5(3)8(12)13/h1-2,7-9,16H. The van der Waals surface area contributed by atoms with Gasteiger partial charge in [0.15, 0.2) is 0 Å². The van der Waals surface area contributed by atoms with Gasteiger partial charge in [0.1, 0.15) is 5.75 Å². The maximum absolute atomic E-state index is 9.88. The summed E-state index contributed by atoms with van der Waals surface area (Å²) in [5.74, 6) is 0.252. The Balaban J connectivity index is 3.50. The second kappa shape index (κ2) is 6.89. The molecule has 1 N–H and O–H groups in total. The third-order valence-corrected chi connectivity index (χ3v) is 4.79. The van der Waals surface area contributed by atoms with E-state index in [9.17, 15) is 5.11 Å². The average Bonchev–Trinajstić information content (AvgIpc) is 2.15. The summed E-state index contributed by atoms with van der Waals surface area (Å²) in [7, 11) is 0. The van der Waals surface area contributed by atoms with Gasteiger partial charge < -0.3 is 5.11 Å². The molecule has 1 aromatic carbocycles. The minimum absolute atomic E-state index is 0.0331. The molecule has 0 heterocycles. The van der Waals surface area contributed by atoms with Gasteiger partial charge in [0.2, 0.25) is 0 Å². The van der Waals surface area contributed by atoms with Crippen LogP contribution in [-0.4, -0.2) is 5.11 Å². The number of hydrogen-bond acceptors (Lipinski definition) is 1. The van der Waals surface area contributed by atoms with Crippen LogP contribution >= 0.6 is 95.6 Å². The molecule has 0 fully saturated rings. The van der Waals surface area contributed by atoms with Crippen LogP contribution in [0.3, 0.4) is 0 Å². The maximum atomic E-state index is 9.88. The van der Waals surface area contributed by atoms with E-state index in [-0.39, 0.29) is 17.0 Å². The highest BCUT2D eigenvalue weighted by molar-refractivity contribution is 9.24. The van der Waals surface area contributed by atoms with E-state index >= 15 is 0 Å². The van der Waals surface area contributed by atoms with Gasteiger partial charge in [0.25, 0.3) is 0 Å². The average molecular weight is 610 g/mol. The number of benzene rings is 1. The van der Waals surface area contributed by atoms with Crippen molar-refractivity contribution in [3.8, 4) is 5.75 Å². The van der Waals surface area contributed by atoms with Crippen LogP contribution in [0.25, 0.3) is 0 Å². The summed E-state index contributed by atoms with van der Waals surface area (Å²) >= 11 is 20.7. The molecule has 0 saturated carbocycles. The molecule has 1 rings (SSSR count). The van der Waals surface area contributed by atoms with E-state index < -0.39 is 0 Å². The normalized spacial score (nSPS) is 11.8. The molecule has 16 heavy (non-hydrogen) atoms. The fraction of sp³-hybridized carbons (Fsp3) is 0.333. The molecule has 90 valence electrons. The van der Waals surface area contributed by atoms with Gasteiger partial charge in [-0.15, -0.1) is 0 Å². The molecule has 1 aromatic rings. The lowest BCUT2D eigenvalue weighted by Crippen LogP contribution is -1.99. The molecule has 0 aliphatic carbocycles. The Morgan fingerprint density at radius 2 is 1.25 bits per heavy atom. The van der Waals surface area contributed by atoms with Crippen molar-refractivity contribution in [2.75, 3.05) is 0 Å². The van der Waals surface area contributed by atoms with Crippen LogP contribution < -0.4 is 0 Å². The van der Waals surface area contributed by atoms with E-state index in [0.29, 0.717) is 0 Å². The third kappa shape index (κ3) is 3.70. The number of halogens is 6. The van der Waals surface area contributed by atoms with E-state index in [2.05, 4.69) is 95.6 Å². The Morgan fingerprint density at radius 1 is 0.750 bits per heavy atom. The Kier molecular flexibility index (Phi) is 6.87. The van der Waals surface area contributed by atoms with Crippen molar-refractivity contribution >= 4 is 95.6 Å². The van der Waals surface area contributed by atoms with Crippen LogP contribution in [0.2, 0.25) is 0 Å². The van der Waals surface area contributed by atoms with Crippen molar-refractivity contribution < 1.29 is 5.11 Å². The monoisotopic (exact) mass is 604 g/mol. The first-order chi connectivity index (χ1) is 7.36. The van der Waals surface area contributed by atoms with Crippen LogP contribution in [0.1, 0.15) is 27.9 Å². The molecule has 0 radical (unpaired) electrons. The molecule has 0 amide bonds. The van der Waals surface area contributed by atoms with E-state index in [0.717, 1.165) is 16.7 Å². The zero-order valence-electron chi connectivity index (χ0n) is 7.60. The van der Waals surface area contributed by atoms with Gasteiger partial charge in [0, 0.05) is 5.56 Å². The number of rotatable bonds is 3. The lowest BCUT2D eigenvalue weighted by atomic mass is 10.0. The van der Waals surface area contributed by atoms with E-state index in [1.807, 2.05) is 6.07 Å². The Bertz CT molecular complexity index is 377. The van der Waals surface area contributed by atoms with Crippen LogP contribution in [0.15, 0.2) is 12.1 Å². The quantitative estimate of drug-likeness (QED) is 0.376. The minimum atomic E-state index is -0.105. The number of phenolic OH excluding ortho intramolecular Hbond substituents is 1. The highest BCUT2D eigenvalue weighted by Crippen LogP contribution is 2.48. The lowest BCUT2D eigenvalue weighted by molar-refractivity contribution is 0.470. The first-order valence-electron chi connectivity index (χ1n) is 4.06. The van der Waals surface area contributed by atoms with Crippen LogP contribution in [0.4, 0.5) is 0 Å². The molecule has 0 spiro atoms. The molecular weight excluding hydrogens is 604 g/mol. The van der Waals surface area contributed by atoms with Crippen molar-refractivity contribution in [1.82, 2.24) is 0 Å². The van der Waals surface area contributed by atoms with E-state index in [4.69, 9.17) is 0 Å². The Labute approximate surface area is 145 Å². The molecule has 0 aromatic heterocycles. The first kappa shape index (κ1) is 16.0. The fourth-order valence-corrected chi connectivity index (χ4v) is 4.09. The highest BCUT2D eigenvalue weighted by Gasteiger charge is 2.23. The summed E-state index contributed by atoms with van der Waals surface area (Å²) < 4.78 is -0.107. The Morgan fingerprint density at radius 3 is 1.62 bits per heavy atom. The largest absolute Gasteiger partial charge is 0.508 e. The van der Waals surface area contributed by atoms with Gasteiger partial charge in [0.05, 0.1) is 11.2 Å². The maximum Gasteiger partial charge on any atom is 0.121 e. The molecule has 7 heteroatoms. The summed E-state index contributed by atoms with van der Waals surface area (Å²) in [6.07, 6.45) is 0. The predicted octanol–water partition coefficient (Wildman–Crippen LogP) is 6.76. The number of alkyl halides is 6. The Hall–Kier alpha value is 1.90. The zero-order valence-corrected chi connectivity index (χ0v) is 17.1. The first-order valence-corrected chi connectivity index (χ1v) is 9.55. The van der Waals surface area contributed by atoms with Crippen molar-refractivity contribution in [3.05, 3.63) is 28.8 Å². The van der Waals surface area contributed by atoms with Crippen molar-refractivity contribution in [3.63, 3.8) is 0 Å². The van der Waals surface area contributed by atoms with Gasteiger partial charge in [-0.2, -0.15) is 0 Å². The summed E-state index contributed by atoms with van der Waals surface area (Å²) in [5.41, 5.74) is 2.84. The summed E-state index contributed by atoms with van der Waals surface area (Å²) in [4.78, 5) is 0. The third-order valence-electron chi connectivity index (χ3n) is 1.97. The number of hydrogen-bond donors (Lipinski definition) is 1. The molecule has 0 unspecified atom stereocenters. The molecule has 0 bridgehead atoms. The van der Waals surface area contributed by atoms with Gasteiger partial charge >= 0.3 is 0 Å². The van der Waals surface area contributed by atoms with Crippen molar-refractivity contribution in [2.45, 2.75) is 11.2 Å². The minimum Gasteiger partial charge on any atom is -0.508 e. The van der Waals surface area contributed by atoms with E-state index in [1.165, 1.54) is 0 Å². The topological polar surface area (TPSA) is 20.2 Å². The summed E-state index contributed by atoms with van der Waals surface area (Å²) in [5, 5.41) is 9.88. The molecule has 1 nitrogen and oxygen atoms in total. The molecule has 0 saturated heterocycles. The highest BCUT2D eigenvalue weighted by atomic mass is 79.9. The molecule has 0 atom stereocenters. The van der Waals surface area contributed by atoms with Crippen molar-refractivity contribution in [1.29, 1.82) is 0 Å². The van der Waals surface area contributed by atoms with Crippen LogP contribution in [0, 0.1) is 0 Å². The lowest BCUT2D eigenvalue weighted by Gasteiger charge is -2.19. The summed E-state index contributed by atoms with van der Waals surface area (Å²) in [6.45, 7) is 0. The molecule has 0 aliphatic heterocycles. The fourth-order valence-electron chi connectivity index (χ4n) is 1.30. The number of aromatic hydroxyl groups is 1. The second-order valence-corrected chi connectivity index (χ2v) is 12.1. The van der Waals surface area contributed by atoms with Crippen LogP contribution in [-0.2, 0) is 0 Å². The van der Waals surface area contributed by atoms with Gasteiger partial charge in [-0.05, 0) is 17.2 Å².